The number of rotatable bonds is 6. The Balaban J connectivity index is 1.59. The quantitative estimate of drug-likeness (QED) is 0.864. The maximum atomic E-state index is 5.16. The van der Waals surface area contributed by atoms with Crippen LogP contribution in [0.3, 0.4) is 0 Å². The van der Waals surface area contributed by atoms with Crippen molar-refractivity contribution < 1.29 is 4.74 Å². The van der Waals surface area contributed by atoms with Gasteiger partial charge in [-0.3, -0.25) is 0 Å². The number of hydrogen-bond acceptors (Lipinski definition) is 3. The molecule has 1 aliphatic rings. The Labute approximate surface area is 113 Å². The molecule has 2 aromatic rings. The van der Waals surface area contributed by atoms with E-state index in [9.17, 15) is 0 Å². The molecule has 1 aliphatic carbocycles. The summed E-state index contributed by atoms with van der Waals surface area (Å²) in [5.74, 6) is 1.90. The Bertz CT molecular complexity index is 529. The average Bonchev–Trinajstić information content (AvgIpc) is 3.15. The van der Waals surface area contributed by atoms with Crippen molar-refractivity contribution in [3.05, 3.63) is 42.2 Å². The Morgan fingerprint density at radius 1 is 1.32 bits per heavy atom. The molecular weight excluding hydrogens is 238 g/mol. The molecule has 0 spiro atoms. The van der Waals surface area contributed by atoms with Crippen LogP contribution < -0.4 is 10.1 Å². The normalized spacial score (nSPS) is 14.4. The molecule has 4 heteroatoms. The van der Waals surface area contributed by atoms with Gasteiger partial charge >= 0.3 is 0 Å². The maximum absolute atomic E-state index is 5.16. The van der Waals surface area contributed by atoms with Gasteiger partial charge < -0.3 is 14.6 Å². The van der Waals surface area contributed by atoms with Gasteiger partial charge in [-0.25, -0.2) is 4.98 Å². The third kappa shape index (κ3) is 3.08. The number of imidazole rings is 1. The van der Waals surface area contributed by atoms with Gasteiger partial charge in [-0.15, -0.1) is 0 Å². The third-order valence-electron chi connectivity index (χ3n) is 3.43. The lowest BCUT2D eigenvalue weighted by Gasteiger charge is -2.09. The zero-order valence-electron chi connectivity index (χ0n) is 11.2. The Hall–Kier alpha value is -1.97. The molecule has 1 aromatic carbocycles. The van der Waals surface area contributed by atoms with Crippen LogP contribution in [0.1, 0.15) is 18.4 Å². The molecule has 4 nitrogen and oxygen atoms in total. The molecule has 1 fully saturated rings. The van der Waals surface area contributed by atoms with E-state index in [0.717, 1.165) is 24.7 Å². The lowest BCUT2D eigenvalue weighted by molar-refractivity contribution is 0.414. The van der Waals surface area contributed by atoms with E-state index in [1.807, 2.05) is 24.5 Å². The second kappa shape index (κ2) is 5.34. The van der Waals surface area contributed by atoms with Crippen LogP contribution in [0.15, 0.2) is 36.7 Å². The molecule has 1 saturated carbocycles. The number of nitrogens with zero attached hydrogens (tertiary/aromatic N) is 2. The van der Waals surface area contributed by atoms with E-state index in [-0.39, 0.29) is 0 Å². The molecule has 0 radical (unpaired) electrons. The lowest BCUT2D eigenvalue weighted by Crippen LogP contribution is -2.10. The molecule has 0 bridgehead atoms. The summed E-state index contributed by atoms with van der Waals surface area (Å²) in [4.78, 5) is 4.37. The van der Waals surface area contributed by atoms with Crippen LogP contribution in [0.2, 0.25) is 0 Å². The summed E-state index contributed by atoms with van der Waals surface area (Å²) in [6.45, 7) is 0.946. The Morgan fingerprint density at radius 3 is 2.79 bits per heavy atom. The van der Waals surface area contributed by atoms with Gasteiger partial charge in [-0.2, -0.15) is 0 Å². The van der Waals surface area contributed by atoms with E-state index in [1.165, 1.54) is 18.4 Å². The molecule has 0 atom stereocenters. The van der Waals surface area contributed by atoms with Gasteiger partial charge in [0.15, 0.2) is 0 Å². The van der Waals surface area contributed by atoms with Crippen LogP contribution in [-0.4, -0.2) is 22.7 Å². The summed E-state index contributed by atoms with van der Waals surface area (Å²) < 4.78 is 7.35. The van der Waals surface area contributed by atoms with Gasteiger partial charge in [0.1, 0.15) is 5.75 Å². The molecule has 0 unspecified atom stereocenters. The molecule has 0 aliphatic heterocycles. The second-order valence-electron chi connectivity index (χ2n) is 4.96. The number of aryl methyl sites for hydroxylation is 2. The summed E-state index contributed by atoms with van der Waals surface area (Å²) in [5, 5.41) is 3.45. The Kier molecular flexibility index (Phi) is 3.40. The number of aromatic nitrogens is 2. The smallest absolute Gasteiger partial charge is 0.202 e. The zero-order valence-corrected chi connectivity index (χ0v) is 11.2. The summed E-state index contributed by atoms with van der Waals surface area (Å²) in [7, 11) is 1.69. The van der Waals surface area contributed by atoms with Gasteiger partial charge in [-0.05, 0) is 37.0 Å². The fourth-order valence-corrected chi connectivity index (χ4v) is 2.08. The van der Waals surface area contributed by atoms with Gasteiger partial charge in [0, 0.05) is 25.0 Å². The van der Waals surface area contributed by atoms with Crippen molar-refractivity contribution in [2.75, 3.05) is 12.4 Å². The molecule has 3 rings (SSSR count). The first-order valence-electron chi connectivity index (χ1n) is 6.76. The molecule has 1 N–H and O–H groups in total. The summed E-state index contributed by atoms with van der Waals surface area (Å²) in [6, 6.07) is 8.88. The highest BCUT2D eigenvalue weighted by molar-refractivity contribution is 5.30. The van der Waals surface area contributed by atoms with Gasteiger partial charge in [0.2, 0.25) is 5.95 Å². The highest BCUT2D eigenvalue weighted by atomic mass is 16.5. The molecule has 1 aromatic heterocycles. The highest BCUT2D eigenvalue weighted by Gasteiger charge is 2.22. The molecule has 0 amide bonds. The van der Waals surface area contributed by atoms with Gasteiger partial charge in [-0.1, -0.05) is 12.1 Å². The molecular formula is C15H19N3O. The van der Waals surface area contributed by atoms with Crippen LogP contribution in [0, 0.1) is 0 Å². The van der Waals surface area contributed by atoms with E-state index >= 15 is 0 Å². The fraction of sp³-hybridized carbons (Fsp3) is 0.400. The van der Waals surface area contributed by atoms with E-state index in [1.54, 1.807) is 7.11 Å². The minimum absolute atomic E-state index is 0.641. The van der Waals surface area contributed by atoms with Crippen LogP contribution in [-0.2, 0) is 13.0 Å². The predicted octanol–water partition coefficient (Wildman–Crippen LogP) is 2.71. The van der Waals surface area contributed by atoms with Crippen molar-refractivity contribution in [3.8, 4) is 5.75 Å². The van der Waals surface area contributed by atoms with E-state index < -0.39 is 0 Å². The first-order valence-corrected chi connectivity index (χ1v) is 6.76. The van der Waals surface area contributed by atoms with E-state index in [2.05, 4.69) is 27.0 Å². The molecule has 0 saturated heterocycles. The number of methoxy groups -OCH3 is 1. The summed E-state index contributed by atoms with van der Waals surface area (Å²) >= 11 is 0. The number of nitrogens with one attached hydrogen (secondary N) is 1. The minimum atomic E-state index is 0.641. The molecule has 100 valence electrons. The number of anilines is 1. The minimum Gasteiger partial charge on any atom is -0.497 e. The fourth-order valence-electron chi connectivity index (χ4n) is 2.08. The maximum Gasteiger partial charge on any atom is 0.202 e. The highest BCUT2D eigenvalue weighted by Crippen LogP contribution is 2.23. The number of ether oxygens (including phenoxy) is 1. The topological polar surface area (TPSA) is 39.1 Å². The van der Waals surface area contributed by atoms with Crippen LogP contribution in [0.5, 0.6) is 5.75 Å². The largest absolute Gasteiger partial charge is 0.497 e. The van der Waals surface area contributed by atoms with E-state index in [0.29, 0.717) is 6.04 Å². The predicted molar refractivity (Wildman–Crippen MR) is 75.6 cm³/mol. The molecule has 1 heterocycles. The average molecular weight is 257 g/mol. The first-order chi connectivity index (χ1) is 9.35. The van der Waals surface area contributed by atoms with E-state index in [4.69, 9.17) is 4.74 Å². The lowest BCUT2D eigenvalue weighted by atomic mass is 10.1. The van der Waals surface area contributed by atoms with Crippen LogP contribution in [0.25, 0.3) is 0 Å². The standard InChI is InChI=1S/C15H19N3O/c1-19-14-6-2-12(3-7-14)8-10-18-11-9-16-15(18)17-13-4-5-13/h2-3,6-7,9,11,13H,4-5,8,10H2,1H3,(H,16,17). The third-order valence-corrected chi connectivity index (χ3v) is 3.43. The van der Waals surface area contributed by atoms with Crippen molar-refractivity contribution in [1.29, 1.82) is 0 Å². The molecule has 19 heavy (non-hydrogen) atoms. The number of hydrogen-bond donors (Lipinski definition) is 1. The van der Waals surface area contributed by atoms with Crippen LogP contribution in [0.4, 0.5) is 5.95 Å². The van der Waals surface area contributed by atoms with Crippen molar-refractivity contribution in [3.63, 3.8) is 0 Å². The zero-order chi connectivity index (χ0) is 13.1. The van der Waals surface area contributed by atoms with Crippen LogP contribution >= 0.6 is 0 Å². The van der Waals surface area contributed by atoms with Crippen molar-refractivity contribution in [2.45, 2.75) is 31.8 Å². The number of benzene rings is 1. The second-order valence-corrected chi connectivity index (χ2v) is 4.96. The van der Waals surface area contributed by atoms with Gasteiger partial charge in [0.25, 0.3) is 0 Å². The summed E-state index contributed by atoms with van der Waals surface area (Å²) in [6.07, 6.45) is 7.43. The first kappa shape index (κ1) is 12.1. The van der Waals surface area contributed by atoms with Crippen molar-refractivity contribution in [2.24, 2.45) is 0 Å². The van der Waals surface area contributed by atoms with Crippen molar-refractivity contribution in [1.82, 2.24) is 9.55 Å². The Morgan fingerprint density at radius 2 is 2.11 bits per heavy atom. The monoisotopic (exact) mass is 257 g/mol. The van der Waals surface area contributed by atoms with Crippen molar-refractivity contribution >= 4 is 5.95 Å². The SMILES string of the molecule is COc1ccc(CCn2ccnc2NC2CC2)cc1. The summed E-state index contributed by atoms with van der Waals surface area (Å²) in [5.41, 5.74) is 1.31. The van der Waals surface area contributed by atoms with Gasteiger partial charge in [0.05, 0.1) is 7.11 Å².